The van der Waals surface area contributed by atoms with Gasteiger partial charge in [0.15, 0.2) is 0 Å². The van der Waals surface area contributed by atoms with E-state index in [9.17, 15) is 19.4 Å². The Morgan fingerprint density at radius 2 is 0.775 bits per heavy atom. The highest BCUT2D eigenvalue weighted by Crippen LogP contribution is 2.38. The Morgan fingerprint density at radius 3 is 1.16 bits per heavy atom. The molecule has 0 bridgehead atoms. The monoisotopic (exact) mass is 1130 g/mol. The molecular formula is C71H127N2O6P. The summed E-state index contributed by atoms with van der Waals surface area (Å²) < 4.78 is 23.4. The molecule has 1 amide bonds. The maximum atomic E-state index is 13.0. The van der Waals surface area contributed by atoms with E-state index in [2.05, 4.69) is 116 Å². The number of allylic oxidation sites excluding steroid dienone is 17. The Hall–Kier alpha value is -2.84. The first-order valence-electron chi connectivity index (χ1n) is 33.2. The second-order valence-corrected chi connectivity index (χ2v) is 24.8. The molecule has 0 aliphatic heterocycles. The Bertz CT molecular complexity index is 1670. The number of unbranched alkanes of at least 4 members (excludes halogenated alkanes) is 31. The molecule has 0 heterocycles. The molecule has 80 heavy (non-hydrogen) atoms. The minimum Gasteiger partial charge on any atom is -0.756 e. The van der Waals surface area contributed by atoms with Crippen molar-refractivity contribution < 1.29 is 32.9 Å². The minimum atomic E-state index is -4.61. The van der Waals surface area contributed by atoms with Crippen LogP contribution in [0.1, 0.15) is 284 Å². The van der Waals surface area contributed by atoms with Gasteiger partial charge < -0.3 is 28.8 Å². The van der Waals surface area contributed by atoms with Crippen LogP contribution in [0.2, 0.25) is 0 Å². The highest BCUT2D eigenvalue weighted by atomic mass is 31.2. The summed E-state index contributed by atoms with van der Waals surface area (Å²) in [5.41, 5.74) is 0. The van der Waals surface area contributed by atoms with E-state index in [-0.39, 0.29) is 12.5 Å². The lowest BCUT2D eigenvalue weighted by atomic mass is 10.0. The average molecular weight is 1140 g/mol. The number of amides is 1. The van der Waals surface area contributed by atoms with Crippen molar-refractivity contribution in [2.45, 2.75) is 296 Å². The lowest BCUT2D eigenvalue weighted by Gasteiger charge is -2.29. The van der Waals surface area contributed by atoms with E-state index in [4.69, 9.17) is 9.05 Å². The zero-order chi connectivity index (χ0) is 58.4. The number of quaternary nitrogens is 1. The van der Waals surface area contributed by atoms with Crippen LogP contribution >= 0.6 is 7.82 Å². The Kier molecular flexibility index (Phi) is 58.6. The van der Waals surface area contributed by atoms with Gasteiger partial charge in [-0.25, -0.2) is 0 Å². The molecule has 0 radical (unpaired) electrons. The third-order valence-corrected chi connectivity index (χ3v) is 15.4. The SMILES string of the molecule is CC/C=C\C/C=C\C/C=C\C/C=C\C/C=C\C/C=C\C/C=C\CCCCCCCCCCCCCCCCCCCCCC(=O)NC(COP(=O)([O-])OCC[N+](C)(C)C)C(O)/C=C/CC/C=C/CCCCCCCCCCCCC. The summed E-state index contributed by atoms with van der Waals surface area (Å²) in [6, 6.07) is -0.907. The minimum absolute atomic E-state index is 0.00845. The van der Waals surface area contributed by atoms with Crippen LogP contribution in [0, 0.1) is 0 Å². The maximum Gasteiger partial charge on any atom is 0.268 e. The summed E-state index contributed by atoms with van der Waals surface area (Å²) in [5.74, 6) is -0.207. The van der Waals surface area contributed by atoms with Crippen molar-refractivity contribution in [3.63, 3.8) is 0 Å². The standard InChI is InChI=1S/C71H127N2O6P/c1-6-8-10-12-14-16-18-20-22-24-25-26-27-28-29-30-31-32-33-34-35-36-37-38-39-40-41-42-43-44-45-46-47-49-51-53-55-57-59-61-63-65-71(75)72-69(68-79-80(76,77)78-67-66-73(3,4)5)70(74)64-62-60-58-56-54-52-50-48-23-21-19-17-15-13-11-9-7-2/h8,10,14,16,20,22,25-26,28-29,31-32,34-35,54,56,62,64,69-70,74H,6-7,9,11-13,15,17-19,21,23-24,27,30,33,36-53,55,57-61,63,65-68H2,1-5H3,(H-,72,75,76,77)/b10-8-,16-14-,22-20-,26-25-,29-28-,32-31-,35-34-,56-54+,64-62+. The molecule has 9 heteroatoms. The number of aliphatic hydroxyl groups excluding tert-OH is 1. The van der Waals surface area contributed by atoms with Crippen molar-refractivity contribution in [1.82, 2.24) is 5.32 Å². The van der Waals surface area contributed by atoms with Gasteiger partial charge in [0.1, 0.15) is 13.2 Å². The highest BCUT2D eigenvalue weighted by molar-refractivity contribution is 7.45. The molecule has 0 aliphatic rings. The first kappa shape index (κ1) is 77.2. The van der Waals surface area contributed by atoms with Gasteiger partial charge in [-0.1, -0.05) is 297 Å². The maximum absolute atomic E-state index is 13.0. The molecule has 0 fully saturated rings. The number of aliphatic hydroxyl groups is 1. The first-order valence-corrected chi connectivity index (χ1v) is 34.7. The van der Waals surface area contributed by atoms with Crippen LogP contribution in [0.15, 0.2) is 109 Å². The lowest BCUT2D eigenvalue weighted by molar-refractivity contribution is -0.870. The molecule has 0 aromatic carbocycles. The summed E-state index contributed by atoms with van der Waals surface area (Å²) in [7, 11) is 1.24. The molecule has 0 aromatic heterocycles. The number of carbonyl (C=O) groups excluding carboxylic acids is 1. The molecule has 8 nitrogen and oxygen atoms in total. The van der Waals surface area contributed by atoms with E-state index in [1.54, 1.807) is 6.08 Å². The second kappa shape index (κ2) is 60.7. The van der Waals surface area contributed by atoms with Gasteiger partial charge in [-0.15, -0.1) is 0 Å². The Labute approximate surface area is 495 Å². The highest BCUT2D eigenvalue weighted by Gasteiger charge is 2.23. The molecule has 0 aliphatic carbocycles. The molecule has 0 saturated heterocycles. The van der Waals surface area contributed by atoms with Crippen LogP contribution < -0.4 is 10.2 Å². The van der Waals surface area contributed by atoms with Crippen molar-refractivity contribution in [2.24, 2.45) is 0 Å². The van der Waals surface area contributed by atoms with Gasteiger partial charge in [0.2, 0.25) is 5.91 Å². The number of carbonyl (C=O) groups is 1. The number of nitrogens with one attached hydrogen (secondary N) is 1. The summed E-state index contributed by atoms with van der Waals surface area (Å²) in [6.07, 6.45) is 89.2. The quantitative estimate of drug-likeness (QED) is 0.0272. The summed E-state index contributed by atoms with van der Waals surface area (Å²) >= 11 is 0. The van der Waals surface area contributed by atoms with E-state index < -0.39 is 26.6 Å². The molecule has 0 saturated carbocycles. The number of likely N-dealkylation sites (N-methyl/N-ethyl adjacent to an activating group) is 1. The van der Waals surface area contributed by atoms with Gasteiger partial charge in [-0.2, -0.15) is 0 Å². The van der Waals surface area contributed by atoms with E-state index in [0.717, 1.165) is 83.5 Å². The van der Waals surface area contributed by atoms with Crippen molar-refractivity contribution in [1.29, 1.82) is 0 Å². The smallest absolute Gasteiger partial charge is 0.268 e. The molecule has 3 unspecified atom stereocenters. The number of hydrogen-bond acceptors (Lipinski definition) is 6. The van der Waals surface area contributed by atoms with Crippen LogP contribution in [0.3, 0.4) is 0 Å². The lowest BCUT2D eigenvalue weighted by Crippen LogP contribution is -2.45. The number of phosphoric acid groups is 1. The van der Waals surface area contributed by atoms with Gasteiger partial charge >= 0.3 is 0 Å². The van der Waals surface area contributed by atoms with Crippen LogP contribution in [0.25, 0.3) is 0 Å². The first-order chi connectivity index (χ1) is 39.0. The predicted molar refractivity (Wildman–Crippen MR) is 348 cm³/mol. The largest absolute Gasteiger partial charge is 0.756 e. The summed E-state index contributed by atoms with van der Waals surface area (Å²) in [6.45, 7) is 4.52. The molecule has 0 aromatic rings. The fourth-order valence-electron chi connectivity index (χ4n) is 9.33. The van der Waals surface area contributed by atoms with Crippen LogP contribution in [-0.4, -0.2) is 68.5 Å². The Balaban J connectivity index is 4.00. The second-order valence-electron chi connectivity index (χ2n) is 23.4. The van der Waals surface area contributed by atoms with Crippen LogP contribution in [0.5, 0.6) is 0 Å². The van der Waals surface area contributed by atoms with Crippen LogP contribution in [-0.2, 0) is 18.4 Å². The fraction of sp³-hybridized carbons (Fsp3) is 0.732. The topological polar surface area (TPSA) is 108 Å². The van der Waals surface area contributed by atoms with Gasteiger partial charge in [0.25, 0.3) is 7.82 Å². The van der Waals surface area contributed by atoms with Crippen molar-refractivity contribution in [2.75, 3.05) is 40.9 Å². The third kappa shape index (κ3) is 62.8. The molecule has 462 valence electrons. The number of phosphoric ester groups is 1. The van der Waals surface area contributed by atoms with Crippen molar-refractivity contribution >= 4 is 13.7 Å². The predicted octanol–water partition coefficient (Wildman–Crippen LogP) is 20.5. The van der Waals surface area contributed by atoms with E-state index in [1.807, 2.05) is 27.2 Å². The van der Waals surface area contributed by atoms with E-state index >= 15 is 0 Å². The van der Waals surface area contributed by atoms with E-state index in [1.165, 1.54) is 180 Å². The number of nitrogens with zero attached hydrogens (tertiary/aromatic N) is 1. The molecule has 3 atom stereocenters. The zero-order valence-corrected chi connectivity index (χ0v) is 53.6. The van der Waals surface area contributed by atoms with Crippen molar-refractivity contribution in [3.8, 4) is 0 Å². The fourth-order valence-corrected chi connectivity index (χ4v) is 10.1. The average Bonchev–Trinajstić information content (AvgIpc) is 3.42. The third-order valence-electron chi connectivity index (χ3n) is 14.5. The van der Waals surface area contributed by atoms with Gasteiger partial charge in [-0.05, 0) is 89.9 Å². The van der Waals surface area contributed by atoms with Gasteiger partial charge in [0.05, 0.1) is 39.9 Å². The molecule has 2 N–H and O–H groups in total. The Morgan fingerprint density at radius 1 is 0.450 bits per heavy atom. The number of hydrogen-bond donors (Lipinski definition) is 2. The molecule has 0 rings (SSSR count). The summed E-state index contributed by atoms with van der Waals surface area (Å²) in [5, 5.41) is 13.9. The van der Waals surface area contributed by atoms with Gasteiger partial charge in [-0.3, -0.25) is 9.36 Å². The number of rotatable bonds is 60. The molecule has 0 spiro atoms. The molecular weight excluding hydrogens is 1010 g/mol. The van der Waals surface area contributed by atoms with Crippen molar-refractivity contribution in [3.05, 3.63) is 109 Å². The zero-order valence-electron chi connectivity index (χ0n) is 52.7. The summed E-state index contributed by atoms with van der Waals surface area (Å²) in [4.78, 5) is 25.5. The van der Waals surface area contributed by atoms with E-state index in [0.29, 0.717) is 17.4 Å². The van der Waals surface area contributed by atoms with Crippen LogP contribution in [0.4, 0.5) is 0 Å². The van der Waals surface area contributed by atoms with Gasteiger partial charge in [0, 0.05) is 6.42 Å². The normalized spacial score (nSPS) is 14.4.